The fourth-order valence-corrected chi connectivity index (χ4v) is 2.58. The molecule has 0 aliphatic heterocycles. The van der Waals surface area contributed by atoms with Crippen molar-refractivity contribution in [2.24, 2.45) is 4.99 Å². The lowest BCUT2D eigenvalue weighted by atomic mass is 10.2. The second kappa shape index (κ2) is 9.80. The Labute approximate surface area is 160 Å². The van der Waals surface area contributed by atoms with Crippen molar-refractivity contribution in [1.29, 1.82) is 0 Å². The molecule has 8 nitrogen and oxygen atoms in total. The molecule has 8 heteroatoms. The number of hydrogen-bond donors (Lipinski definition) is 1. The minimum absolute atomic E-state index is 0.258. The molecule has 0 spiro atoms. The first-order valence-electron chi connectivity index (χ1n) is 8.93. The number of aliphatic imine (C=N–C) groups is 1. The van der Waals surface area contributed by atoms with Crippen LogP contribution in [-0.2, 0) is 13.0 Å². The van der Waals surface area contributed by atoms with Crippen LogP contribution in [0, 0.1) is 0 Å². The van der Waals surface area contributed by atoms with Gasteiger partial charge in [0.15, 0.2) is 11.8 Å². The van der Waals surface area contributed by atoms with Gasteiger partial charge >= 0.3 is 0 Å². The van der Waals surface area contributed by atoms with Crippen molar-refractivity contribution in [2.45, 2.75) is 32.7 Å². The number of methoxy groups -OCH3 is 2. The SMILES string of the molecule is CN=C(NCCc1nc(C(C)C)no1)N(C)Cc1ccc(OC)cc1OC. The van der Waals surface area contributed by atoms with Crippen molar-refractivity contribution < 1.29 is 14.0 Å². The van der Waals surface area contributed by atoms with E-state index >= 15 is 0 Å². The highest BCUT2D eigenvalue weighted by Gasteiger charge is 2.13. The Balaban J connectivity index is 1.92. The number of ether oxygens (including phenoxy) is 2. The fourth-order valence-electron chi connectivity index (χ4n) is 2.58. The number of nitrogens with zero attached hydrogens (tertiary/aromatic N) is 4. The monoisotopic (exact) mass is 375 g/mol. The first-order chi connectivity index (χ1) is 13.0. The Kier molecular flexibility index (Phi) is 7.45. The molecular formula is C19H29N5O3. The zero-order valence-electron chi connectivity index (χ0n) is 16.9. The van der Waals surface area contributed by atoms with Gasteiger partial charge in [0.2, 0.25) is 5.89 Å². The van der Waals surface area contributed by atoms with Gasteiger partial charge in [0.1, 0.15) is 11.5 Å². The van der Waals surface area contributed by atoms with Crippen LogP contribution < -0.4 is 14.8 Å². The van der Waals surface area contributed by atoms with E-state index < -0.39 is 0 Å². The molecule has 27 heavy (non-hydrogen) atoms. The van der Waals surface area contributed by atoms with Crippen molar-refractivity contribution in [2.75, 3.05) is 34.9 Å². The van der Waals surface area contributed by atoms with Crippen LogP contribution in [0.5, 0.6) is 11.5 Å². The van der Waals surface area contributed by atoms with E-state index in [1.807, 2.05) is 44.0 Å². The highest BCUT2D eigenvalue weighted by atomic mass is 16.5. The van der Waals surface area contributed by atoms with E-state index in [0.717, 1.165) is 28.8 Å². The minimum Gasteiger partial charge on any atom is -0.497 e. The Morgan fingerprint density at radius 3 is 2.67 bits per heavy atom. The van der Waals surface area contributed by atoms with Gasteiger partial charge in [0.25, 0.3) is 0 Å². The maximum Gasteiger partial charge on any atom is 0.228 e. The first kappa shape index (κ1) is 20.5. The molecule has 0 atom stereocenters. The summed E-state index contributed by atoms with van der Waals surface area (Å²) in [4.78, 5) is 10.7. The summed E-state index contributed by atoms with van der Waals surface area (Å²) in [5, 5.41) is 7.30. The molecule has 2 rings (SSSR count). The van der Waals surface area contributed by atoms with E-state index in [1.54, 1.807) is 21.3 Å². The maximum atomic E-state index is 5.47. The van der Waals surface area contributed by atoms with Crippen LogP contribution in [0.1, 0.15) is 37.0 Å². The van der Waals surface area contributed by atoms with Gasteiger partial charge in [0, 0.05) is 51.2 Å². The largest absolute Gasteiger partial charge is 0.497 e. The fraction of sp³-hybridized carbons (Fsp3) is 0.526. The Bertz CT molecular complexity index is 758. The molecular weight excluding hydrogens is 346 g/mol. The predicted molar refractivity (Wildman–Crippen MR) is 104 cm³/mol. The van der Waals surface area contributed by atoms with Crippen molar-refractivity contribution in [1.82, 2.24) is 20.4 Å². The van der Waals surface area contributed by atoms with E-state index in [0.29, 0.717) is 25.4 Å². The van der Waals surface area contributed by atoms with Gasteiger partial charge in [-0.15, -0.1) is 0 Å². The Morgan fingerprint density at radius 1 is 1.30 bits per heavy atom. The summed E-state index contributed by atoms with van der Waals surface area (Å²) < 4.78 is 16.0. The van der Waals surface area contributed by atoms with Crippen LogP contribution in [0.3, 0.4) is 0 Å². The van der Waals surface area contributed by atoms with E-state index in [1.165, 1.54) is 0 Å². The summed E-state index contributed by atoms with van der Waals surface area (Å²) in [6.45, 7) is 5.37. The molecule has 148 valence electrons. The van der Waals surface area contributed by atoms with Crippen molar-refractivity contribution in [3.63, 3.8) is 0 Å². The van der Waals surface area contributed by atoms with Gasteiger partial charge in [0.05, 0.1) is 14.2 Å². The third kappa shape index (κ3) is 5.60. The normalized spacial score (nSPS) is 11.6. The molecule has 0 radical (unpaired) electrons. The maximum absolute atomic E-state index is 5.47. The molecule has 0 unspecified atom stereocenters. The van der Waals surface area contributed by atoms with Crippen LogP contribution in [0.25, 0.3) is 0 Å². The second-order valence-electron chi connectivity index (χ2n) is 6.46. The molecule has 0 fully saturated rings. The van der Waals surface area contributed by atoms with Crippen LogP contribution >= 0.6 is 0 Å². The molecule has 0 aliphatic rings. The van der Waals surface area contributed by atoms with Crippen molar-refractivity contribution in [3.8, 4) is 11.5 Å². The van der Waals surface area contributed by atoms with Crippen LogP contribution in [0.15, 0.2) is 27.7 Å². The van der Waals surface area contributed by atoms with Crippen LogP contribution in [0.4, 0.5) is 0 Å². The molecule has 2 aromatic rings. The topological polar surface area (TPSA) is 85.0 Å². The third-order valence-electron chi connectivity index (χ3n) is 4.10. The summed E-state index contributed by atoms with van der Waals surface area (Å²) in [6, 6.07) is 5.79. The van der Waals surface area contributed by atoms with Gasteiger partial charge in [-0.05, 0) is 12.1 Å². The third-order valence-corrected chi connectivity index (χ3v) is 4.10. The summed E-state index contributed by atoms with van der Waals surface area (Å²) >= 11 is 0. The van der Waals surface area contributed by atoms with E-state index in [9.17, 15) is 0 Å². The van der Waals surface area contributed by atoms with Crippen molar-refractivity contribution in [3.05, 3.63) is 35.5 Å². The van der Waals surface area contributed by atoms with Crippen molar-refractivity contribution >= 4 is 5.96 Å². The average Bonchev–Trinajstić information content (AvgIpc) is 3.14. The zero-order valence-corrected chi connectivity index (χ0v) is 16.9. The summed E-state index contributed by atoms with van der Waals surface area (Å²) in [5.41, 5.74) is 1.04. The minimum atomic E-state index is 0.258. The lowest BCUT2D eigenvalue weighted by Gasteiger charge is -2.23. The quantitative estimate of drug-likeness (QED) is 0.560. The number of benzene rings is 1. The Morgan fingerprint density at radius 2 is 2.07 bits per heavy atom. The lowest BCUT2D eigenvalue weighted by molar-refractivity contribution is 0.369. The number of nitrogens with one attached hydrogen (secondary N) is 1. The van der Waals surface area contributed by atoms with Gasteiger partial charge in [-0.2, -0.15) is 4.98 Å². The molecule has 0 bridgehead atoms. The molecule has 1 aromatic carbocycles. The van der Waals surface area contributed by atoms with Crippen LogP contribution in [0.2, 0.25) is 0 Å². The molecule has 0 saturated carbocycles. The van der Waals surface area contributed by atoms with Crippen LogP contribution in [-0.4, -0.2) is 55.9 Å². The van der Waals surface area contributed by atoms with Gasteiger partial charge in [-0.3, -0.25) is 4.99 Å². The molecule has 1 N–H and O–H groups in total. The molecule has 1 heterocycles. The average molecular weight is 375 g/mol. The highest BCUT2D eigenvalue weighted by molar-refractivity contribution is 5.79. The number of guanidine groups is 1. The number of rotatable bonds is 8. The molecule has 0 amide bonds. The predicted octanol–water partition coefficient (Wildman–Crippen LogP) is 2.46. The van der Waals surface area contributed by atoms with Gasteiger partial charge in [-0.1, -0.05) is 19.0 Å². The van der Waals surface area contributed by atoms with Gasteiger partial charge < -0.3 is 24.2 Å². The van der Waals surface area contributed by atoms with E-state index in [-0.39, 0.29) is 5.92 Å². The van der Waals surface area contributed by atoms with E-state index in [2.05, 4.69) is 20.4 Å². The number of hydrogen-bond acceptors (Lipinski definition) is 6. The first-order valence-corrected chi connectivity index (χ1v) is 8.93. The second-order valence-corrected chi connectivity index (χ2v) is 6.46. The molecule has 0 aliphatic carbocycles. The van der Waals surface area contributed by atoms with E-state index in [4.69, 9.17) is 14.0 Å². The highest BCUT2D eigenvalue weighted by Crippen LogP contribution is 2.25. The molecule has 1 aromatic heterocycles. The zero-order chi connectivity index (χ0) is 19.8. The molecule has 0 saturated heterocycles. The standard InChI is InChI=1S/C19H29N5O3/c1-13(2)18-22-17(27-23-18)9-10-21-19(20-3)24(4)12-14-7-8-15(25-5)11-16(14)26-6/h7-8,11,13H,9-10,12H2,1-6H3,(H,20,21). The summed E-state index contributed by atoms with van der Waals surface area (Å²) in [7, 11) is 7.03. The smallest absolute Gasteiger partial charge is 0.228 e. The van der Waals surface area contributed by atoms with Gasteiger partial charge in [-0.25, -0.2) is 0 Å². The summed E-state index contributed by atoms with van der Waals surface area (Å²) in [5.74, 6) is 3.94. The summed E-state index contributed by atoms with van der Waals surface area (Å²) in [6.07, 6.45) is 0.637. The Hall–Kier alpha value is -2.77. The lowest BCUT2D eigenvalue weighted by Crippen LogP contribution is -2.39. The number of aromatic nitrogens is 2.